The number of hydrogen-bond donors (Lipinski definition) is 2. The molecule has 0 amide bonds. The molecule has 0 aliphatic carbocycles. The van der Waals surface area contributed by atoms with Crippen LogP contribution in [-0.2, 0) is 0 Å². The average molecular weight is 254 g/mol. The van der Waals surface area contributed by atoms with Crippen molar-refractivity contribution in [2.45, 2.75) is 6.92 Å². The van der Waals surface area contributed by atoms with Gasteiger partial charge in [0.2, 0.25) is 0 Å². The molecule has 1 heterocycles. The van der Waals surface area contributed by atoms with Crippen molar-refractivity contribution in [1.29, 1.82) is 0 Å². The Labute approximate surface area is 88.9 Å². The van der Waals surface area contributed by atoms with E-state index in [0.717, 1.165) is 16.5 Å². The van der Waals surface area contributed by atoms with Gasteiger partial charge in [0.25, 0.3) is 0 Å². The van der Waals surface area contributed by atoms with E-state index in [1.807, 2.05) is 19.1 Å². The van der Waals surface area contributed by atoms with Gasteiger partial charge in [-0.25, -0.2) is 4.79 Å². The monoisotopic (exact) mass is 253 g/mol. The Morgan fingerprint density at radius 2 is 2.21 bits per heavy atom. The number of carbonyl (C=O) groups is 1. The molecule has 0 fully saturated rings. The summed E-state index contributed by atoms with van der Waals surface area (Å²) in [6.45, 7) is 1.94. The number of carboxylic acid groups (broad SMARTS) is 1. The lowest BCUT2D eigenvalue weighted by Gasteiger charge is -1.94. The number of aromatic amines is 1. The van der Waals surface area contributed by atoms with Gasteiger partial charge in [0, 0.05) is 5.39 Å². The quantitative estimate of drug-likeness (QED) is 0.821. The first-order valence-corrected chi connectivity index (χ1v) is 4.90. The fourth-order valence-electron chi connectivity index (χ4n) is 1.54. The smallest absolute Gasteiger partial charge is 0.339 e. The number of H-pyrrole nitrogens is 1. The number of fused-ring (bicyclic) bond motifs is 1. The van der Waals surface area contributed by atoms with Crippen molar-refractivity contribution >= 4 is 32.8 Å². The highest BCUT2D eigenvalue weighted by atomic mass is 79.9. The van der Waals surface area contributed by atoms with Crippen LogP contribution >= 0.6 is 15.9 Å². The summed E-state index contributed by atoms with van der Waals surface area (Å²) in [4.78, 5) is 14.0. The van der Waals surface area contributed by atoms with Gasteiger partial charge in [-0.1, -0.05) is 18.2 Å². The van der Waals surface area contributed by atoms with E-state index in [1.54, 1.807) is 6.07 Å². The molecule has 0 saturated carbocycles. The van der Waals surface area contributed by atoms with Gasteiger partial charge in [-0.15, -0.1) is 0 Å². The highest BCUT2D eigenvalue weighted by molar-refractivity contribution is 9.10. The minimum Gasteiger partial charge on any atom is -0.478 e. The lowest BCUT2D eigenvalue weighted by atomic mass is 10.1. The first kappa shape index (κ1) is 9.27. The Bertz CT molecular complexity index is 516. The Kier molecular flexibility index (Phi) is 2.07. The summed E-state index contributed by atoms with van der Waals surface area (Å²) in [6.07, 6.45) is 0. The Balaban J connectivity index is 2.90. The average Bonchev–Trinajstić information content (AvgIpc) is 2.42. The molecule has 3 nitrogen and oxygen atoms in total. The number of nitrogens with one attached hydrogen (secondary N) is 1. The van der Waals surface area contributed by atoms with Gasteiger partial charge < -0.3 is 10.1 Å². The van der Waals surface area contributed by atoms with E-state index in [9.17, 15) is 4.79 Å². The zero-order valence-corrected chi connectivity index (χ0v) is 9.05. The minimum absolute atomic E-state index is 0.295. The molecule has 2 N–H and O–H groups in total. The zero-order chi connectivity index (χ0) is 10.3. The van der Waals surface area contributed by atoms with Crippen molar-refractivity contribution in [3.8, 4) is 0 Å². The normalized spacial score (nSPS) is 10.7. The van der Waals surface area contributed by atoms with E-state index in [-0.39, 0.29) is 0 Å². The highest BCUT2D eigenvalue weighted by Gasteiger charge is 2.16. The highest BCUT2D eigenvalue weighted by Crippen LogP contribution is 2.28. The number of para-hydroxylation sites is 1. The number of rotatable bonds is 1. The molecule has 0 unspecified atom stereocenters. The van der Waals surface area contributed by atoms with Crippen LogP contribution < -0.4 is 0 Å². The molecule has 2 aromatic rings. The molecular formula is C10H8BrNO2. The fraction of sp³-hybridized carbons (Fsp3) is 0.100. The zero-order valence-electron chi connectivity index (χ0n) is 7.47. The molecule has 0 spiro atoms. The molecule has 0 radical (unpaired) electrons. The summed E-state index contributed by atoms with van der Waals surface area (Å²) >= 11 is 3.21. The van der Waals surface area contributed by atoms with Gasteiger partial charge in [-0.2, -0.15) is 0 Å². The van der Waals surface area contributed by atoms with E-state index in [1.165, 1.54) is 0 Å². The third-order valence-corrected chi connectivity index (χ3v) is 2.80. The van der Waals surface area contributed by atoms with E-state index < -0.39 is 5.97 Å². The number of hydrogen-bond acceptors (Lipinski definition) is 1. The van der Waals surface area contributed by atoms with Crippen LogP contribution in [0.25, 0.3) is 10.9 Å². The minimum atomic E-state index is -0.922. The summed E-state index contributed by atoms with van der Waals surface area (Å²) in [5.41, 5.74) is 2.20. The van der Waals surface area contributed by atoms with E-state index >= 15 is 0 Å². The molecule has 0 aliphatic heterocycles. The lowest BCUT2D eigenvalue weighted by molar-refractivity contribution is 0.0698. The summed E-state index contributed by atoms with van der Waals surface area (Å²) in [7, 11) is 0. The predicted octanol–water partition coefficient (Wildman–Crippen LogP) is 2.94. The molecule has 2 rings (SSSR count). The Morgan fingerprint density at radius 1 is 1.50 bits per heavy atom. The van der Waals surface area contributed by atoms with Crippen molar-refractivity contribution < 1.29 is 9.90 Å². The molecule has 0 atom stereocenters. The van der Waals surface area contributed by atoms with E-state index in [4.69, 9.17) is 5.11 Å². The Morgan fingerprint density at radius 3 is 2.86 bits per heavy atom. The lowest BCUT2D eigenvalue weighted by Crippen LogP contribution is -1.95. The van der Waals surface area contributed by atoms with Crippen LogP contribution in [0.3, 0.4) is 0 Å². The molecule has 72 valence electrons. The topological polar surface area (TPSA) is 53.1 Å². The number of halogens is 1. The molecule has 0 aliphatic rings. The van der Waals surface area contributed by atoms with Crippen molar-refractivity contribution in [2.75, 3.05) is 0 Å². The van der Waals surface area contributed by atoms with Crippen LogP contribution in [-0.4, -0.2) is 16.1 Å². The van der Waals surface area contributed by atoms with Crippen LogP contribution in [0.4, 0.5) is 0 Å². The van der Waals surface area contributed by atoms with Crippen LogP contribution in [0.1, 0.15) is 15.9 Å². The van der Waals surface area contributed by atoms with Crippen LogP contribution in [0.2, 0.25) is 0 Å². The van der Waals surface area contributed by atoms with Gasteiger partial charge in [-0.3, -0.25) is 0 Å². The molecule has 14 heavy (non-hydrogen) atoms. The van der Waals surface area contributed by atoms with Crippen LogP contribution in [0.5, 0.6) is 0 Å². The summed E-state index contributed by atoms with van der Waals surface area (Å²) in [5, 5.41) is 9.73. The number of carboxylic acids is 1. The van der Waals surface area contributed by atoms with Crippen molar-refractivity contribution in [2.24, 2.45) is 0 Å². The van der Waals surface area contributed by atoms with E-state index in [0.29, 0.717) is 10.2 Å². The van der Waals surface area contributed by atoms with Gasteiger partial charge >= 0.3 is 5.97 Å². The largest absolute Gasteiger partial charge is 0.478 e. The molecule has 1 aromatic heterocycles. The summed E-state index contributed by atoms with van der Waals surface area (Å²) in [6, 6.07) is 5.59. The summed E-state index contributed by atoms with van der Waals surface area (Å²) in [5.74, 6) is -0.922. The molecular weight excluding hydrogens is 246 g/mol. The van der Waals surface area contributed by atoms with Gasteiger partial charge in [0.05, 0.1) is 15.7 Å². The standard InChI is InChI=1S/C10H8BrNO2/c1-5-3-2-4-6-7(10(13)14)9(11)12-8(5)6/h2-4,12H,1H3,(H,13,14). The molecule has 4 heteroatoms. The number of benzene rings is 1. The second kappa shape index (κ2) is 3.13. The van der Waals surface area contributed by atoms with Crippen molar-refractivity contribution in [3.05, 3.63) is 33.9 Å². The second-order valence-electron chi connectivity index (χ2n) is 3.12. The van der Waals surface area contributed by atoms with Gasteiger partial charge in [0.15, 0.2) is 0 Å². The molecule has 0 bridgehead atoms. The third-order valence-electron chi connectivity index (χ3n) is 2.21. The van der Waals surface area contributed by atoms with Crippen molar-refractivity contribution in [1.82, 2.24) is 4.98 Å². The van der Waals surface area contributed by atoms with Crippen LogP contribution in [0.15, 0.2) is 22.8 Å². The third kappa shape index (κ3) is 1.23. The maximum absolute atomic E-state index is 11.0. The summed E-state index contributed by atoms with van der Waals surface area (Å²) < 4.78 is 0.523. The van der Waals surface area contributed by atoms with E-state index in [2.05, 4.69) is 20.9 Å². The maximum atomic E-state index is 11.0. The predicted molar refractivity (Wildman–Crippen MR) is 57.7 cm³/mol. The Hall–Kier alpha value is -1.29. The maximum Gasteiger partial charge on any atom is 0.339 e. The van der Waals surface area contributed by atoms with Crippen molar-refractivity contribution in [3.63, 3.8) is 0 Å². The molecule has 0 saturated heterocycles. The first-order chi connectivity index (χ1) is 6.61. The second-order valence-corrected chi connectivity index (χ2v) is 3.91. The van der Waals surface area contributed by atoms with Gasteiger partial charge in [-0.05, 0) is 28.4 Å². The fourth-order valence-corrected chi connectivity index (χ4v) is 2.12. The molecule has 1 aromatic carbocycles. The van der Waals surface area contributed by atoms with Gasteiger partial charge in [0.1, 0.15) is 0 Å². The number of aryl methyl sites for hydroxylation is 1. The number of aromatic nitrogens is 1. The number of aromatic carboxylic acids is 1. The SMILES string of the molecule is Cc1cccc2c(C(=O)O)c(Br)[nH]c12. The first-order valence-electron chi connectivity index (χ1n) is 4.11. The van der Waals surface area contributed by atoms with Crippen LogP contribution in [0, 0.1) is 6.92 Å².